The van der Waals surface area contributed by atoms with E-state index in [0.717, 1.165) is 15.6 Å². The van der Waals surface area contributed by atoms with E-state index >= 15 is 0 Å². The van der Waals surface area contributed by atoms with Gasteiger partial charge in [-0.05, 0) is 24.6 Å². The second-order valence-corrected chi connectivity index (χ2v) is 5.93. The summed E-state index contributed by atoms with van der Waals surface area (Å²) in [5.41, 5.74) is 1.75. The van der Waals surface area contributed by atoms with Crippen LogP contribution in [0, 0.1) is 12.7 Å². The van der Waals surface area contributed by atoms with Gasteiger partial charge < -0.3 is 4.74 Å². The molecular formula is C13H12FNO2S2. The van der Waals surface area contributed by atoms with Crippen LogP contribution in [0.1, 0.15) is 21.6 Å². The molecule has 0 N–H and O–H groups in total. The highest BCUT2D eigenvalue weighted by molar-refractivity contribution is 8.00. The molecule has 0 amide bonds. The van der Waals surface area contributed by atoms with Crippen LogP contribution in [-0.4, -0.2) is 18.1 Å². The van der Waals surface area contributed by atoms with Crippen LogP contribution in [-0.2, 0) is 10.5 Å². The summed E-state index contributed by atoms with van der Waals surface area (Å²) < 4.78 is 19.1. The van der Waals surface area contributed by atoms with Crippen molar-refractivity contribution in [3.63, 3.8) is 0 Å². The molecule has 0 spiro atoms. The van der Waals surface area contributed by atoms with Gasteiger partial charge in [0.15, 0.2) is 0 Å². The number of hydrogen-bond acceptors (Lipinski definition) is 5. The lowest BCUT2D eigenvalue weighted by molar-refractivity contribution is 0.0595. The molecule has 0 fully saturated rings. The van der Waals surface area contributed by atoms with Crippen LogP contribution in [0.2, 0.25) is 0 Å². The largest absolute Gasteiger partial charge is 0.465 e. The molecule has 19 heavy (non-hydrogen) atoms. The Labute approximate surface area is 118 Å². The van der Waals surface area contributed by atoms with Crippen molar-refractivity contribution in [1.29, 1.82) is 0 Å². The highest BCUT2D eigenvalue weighted by Gasteiger charge is 2.12. The average Bonchev–Trinajstić information content (AvgIpc) is 2.81. The minimum Gasteiger partial charge on any atom is -0.465 e. The molecule has 0 aliphatic rings. The number of aryl methyl sites for hydroxylation is 1. The van der Waals surface area contributed by atoms with Gasteiger partial charge in [-0.15, -0.1) is 11.3 Å². The van der Waals surface area contributed by atoms with E-state index in [4.69, 9.17) is 0 Å². The van der Waals surface area contributed by atoms with E-state index in [-0.39, 0.29) is 5.56 Å². The number of rotatable bonds is 4. The first-order valence-corrected chi connectivity index (χ1v) is 7.38. The van der Waals surface area contributed by atoms with Crippen molar-refractivity contribution in [2.24, 2.45) is 0 Å². The monoisotopic (exact) mass is 297 g/mol. The van der Waals surface area contributed by atoms with Crippen molar-refractivity contribution < 1.29 is 13.9 Å². The fourth-order valence-electron chi connectivity index (χ4n) is 1.47. The van der Waals surface area contributed by atoms with Crippen LogP contribution in [0.25, 0.3) is 0 Å². The van der Waals surface area contributed by atoms with E-state index in [1.165, 1.54) is 19.2 Å². The molecule has 0 radical (unpaired) electrons. The number of hydrogen-bond donors (Lipinski definition) is 0. The quantitative estimate of drug-likeness (QED) is 0.637. The molecule has 0 aliphatic carbocycles. The van der Waals surface area contributed by atoms with Crippen LogP contribution >= 0.6 is 23.1 Å². The molecule has 2 aromatic rings. The van der Waals surface area contributed by atoms with E-state index in [0.29, 0.717) is 5.75 Å². The predicted octanol–water partition coefficient (Wildman–Crippen LogP) is 3.67. The maximum atomic E-state index is 13.7. The Kier molecular flexibility index (Phi) is 4.55. The fraction of sp³-hybridized carbons (Fsp3) is 0.231. The van der Waals surface area contributed by atoms with Gasteiger partial charge in [0.2, 0.25) is 0 Å². The number of thiazole rings is 1. The van der Waals surface area contributed by atoms with Crippen LogP contribution in [0.3, 0.4) is 0 Å². The van der Waals surface area contributed by atoms with Gasteiger partial charge >= 0.3 is 5.97 Å². The number of benzene rings is 1. The van der Waals surface area contributed by atoms with Crippen LogP contribution in [0.4, 0.5) is 4.39 Å². The fourth-order valence-corrected chi connectivity index (χ4v) is 3.26. The second kappa shape index (κ2) is 6.16. The number of esters is 1. The van der Waals surface area contributed by atoms with Crippen molar-refractivity contribution in [3.05, 3.63) is 46.2 Å². The van der Waals surface area contributed by atoms with Crippen LogP contribution < -0.4 is 0 Å². The smallest absolute Gasteiger partial charge is 0.340 e. The maximum absolute atomic E-state index is 13.7. The first-order chi connectivity index (χ1) is 9.10. The zero-order valence-corrected chi connectivity index (χ0v) is 12.1. The Morgan fingerprint density at radius 1 is 1.53 bits per heavy atom. The van der Waals surface area contributed by atoms with E-state index in [1.807, 2.05) is 12.3 Å². The number of carbonyl (C=O) groups is 1. The van der Waals surface area contributed by atoms with Gasteiger partial charge in [0.1, 0.15) is 10.2 Å². The van der Waals surface area contributed by atoms with E-state index in [9.17, 15) is 9.18 Å². The SMILES string of the molecule is COC(=O)c1ccc(CSc2nc(C)cs2)cc1F. The number of halogens is 1. The molecule has 0 bridgehead atoms. The van der Waals surface area contributed by atoms with E-state index in [2.05, 4.69) is 9.72 Å². The zero-order chi connectivity index (χ0) is 13.8. The Hall–Kier alpha value is -1.40. The highest BCUT2D eigenvalue weighted by Crippen LogP contribution is 2.26. The number of thioether (sulfide) groups is 1. The Balaban J connectivity index is 2.06. The van der Waals surface area contributed by atoms with Gasteiger partial charge in [-0.3, -0.25) is 0 Å². The molecule has 0 saturated heterocycles. The molecule has 0 unspecified atom stereocenters. The zero-order valence-electron chi connectivity index (χ0n) is 10.5. The summed E-state index contributed by atoms with van der Waals surface area (Å²) in [6.07, 6.45) is 0. The number of ether oxygens (including phenoxy) is 1. The van der Waals surface area contributed by atoms with Gasteiger partial charge in [0, 0.05) is 16.8 Å². The van der Waals surface area contributed by atoms with E-state index in [1.54, 1.807) is 29.2 Å². The third-order valence-electron chi connectivity index (χ3n) is 2.40. The molecular weight excluding hydrogens is 285 g/mol. The Bertz CT molecular complexity index is 598. The lowest BCUT2D eigenvalue weighted by Crippen LogP contribution is -2.04. The summed E-state index contributed by atoms with van der Waals surface area (Å²) in [6.45, 7) is 1.94. The van der Waals surface area contributed by atoms with Crippen molar-refractivity contribution in [1.82, 2.24) is 4.98 Å². The van der Waals surface area contributed by atoms with Crippen molar-refractivity contribution in [2.75, 3.05) is 7.11 Å². The number of aromatic nitrogens is 1. The molecule has 3 nitrogen and oxygen atoms in total. The number of methoxy groups -OCH3 is 1. The normalized spacial score (nSPS) is 10.5. The van der Waals surface area contributed by atoms with Crippen molar-refractivity contribution in [3.8, 4) is 0 Å². The van der Waals surface area contributed by atoms with Crippen LogP contribution in [0.15, 0.2) is 27.9 Å². The summed E-state index contributed by atoms with van der Waals surface area (Å²) in [4.78, 5) is 15.6. The Morgan fingerprint density at radius 2 is 2.32 bits per heavy atom. The summed E-state index contributed by atoms with van der Waals surface area (Å²) in [6, 6.07) is 4.53. The van der Waals surface area contributed by atoms with Gasteiger partial charge in [-0.2, -0.15) is 0 Å². The molecule has 1 aromatic carbocycles. The average molecular weight is 297 g/mol. The molecule has 100 valence electrons. The molecule has 1 heterocycles. The molecule has 6 heteroatoms. The standard InChI is InChI=1S/C13H12FNO2S2/c1-8-6-18-13(15-8)19-7-9-3-4-10(11(14)5-9)12(16)17-2/h3-6H,7H2,1-2H3. The van der Waals surface area contributed by atoms with E-state index < -0.39 is 11.8 Å². The topological polar surface area (TPSA) is 39.2 Å². The summed E-state index contributed by atoms with van der Waals surface area (Å²) in [7, 11) is 1.23. The second-order valence-electron chi connectivity index (χ2n) is 3.85. The summed E-state index contributed by atoms with van der Waals surface area (Å²) in [5.74, 6) is -0.599. The van der Waals surface area contributed by atoms with Gasteiger partial charge in [-0.25, -0.2) is 14.2 Å². The third-order valence-corrected chi connectivity index (χ3v) is 4.61. The highest BCUT2D eigenvalue weighted by atomic mass is 32.2. The van der Waals surface area contributed by atoms with Crippen LogP contribution in [0.5, 0.6) is 0 Å². The van der Waals surface area contributed by atoms with Crippen molar-refractivity contribution in [2.45, 2.75) is 17.0 Å². The Morgan fingerprint density at radius 3 is 2.89 bits per heavy atom. The minimum atomic E-state index is -0.660. The molecule has 0 aliphatic heterocycles. The van der Waals surface area contributed by atoms with Gasteiger partial charge in [0.25, 0.3) is 0 Å². The third kappa shape index (κ3) is 3.54. The summed E-state index contributed by atoms with van der Waals surface area (Å²) >= 11 is 3.12. The minimum absolute atomic E-state index is 0.0404. The molecule has 0 atom stereocenters. The molecule has 0 saturated carbocycles. The number of nitrogens with zero attached hydrogens (tertiary/aromatic N) is 1. The lowest BCUT2D eigenvalue weighted by atomic mass is 10.1. The molecule has 2 rings (SSSR count). The summed E-state index contributed by atoms with van der Waals surface area (Å²) in [5, 5.41) is 1.98. The lowest BCUT2D eigenvalue weighted by Gasteiger charge is -2.04. The molecule has 1 aromatic heterocycles. The predicted molar refractivity (Wildman–Crippen MR) is 74.2 cm³/mol. The van der Waals surface area contributed by atoms with Gasteiger partial charge in [0.05, 0.1) is 12.7 Å². The number of carbonyl (C=O) groups excluding carboxylic acids is 1. The first-order valence-electron chi connectivity index (χ1n) is 5.52. The van der Waals surface area contributed by atoms with Gasteiger partial charge in [-0.1, -0.05) is 17.8 Å². The van der Waals surface area contributed by atoms with Crippen molar-refractivity contribution >= 4 is 29.1 Å². The first kappa shape index (κ1) is 14.0. The maximum Gasteiger partial charge on any atom is 0.340 e.